The van der Waals surface area contributed by atoms with Crippen LogP contribution >= 0.6 is 11.3 Å². The standard InChI is InChI=1S/C15H20N2OS/c1-4-12-5-7-13(8-6-12)18-9-14-17-11(3)15(19-14)10(2)16/h5-8,10H,4,9,16H2,1-3H3. The third-order valence-corrected chi connectivity index (χ3v) is 4.32. The quantitative estimate of drug-likeness (QED) is 0.907. The van der Waals surface area contributed by atoms with E-state index in [9.17, 15) is 0 Å². The summed E-state index contributed by atoms with van der Waals surface area (Å²) in [5.41, 5.74) is 8.23. The number of benzene rings is 1. The Kier molecular flexibility index (Phi) is 4.56. The molecule has 102 valence electrons. The summed E-state index contributed by atoms with van der Waals surface area (Å²) >= 11 is 1.63. The van der Waals surface area contributed by atoms with Gasteiger partial charge < -0.3 is 10.5 Å². The highest BCUT2D eigenvalue weighted by molar-refractivity contribution is 7.11. The number of thiazole rings is 1. The molecule has 0 bridgehead atoms. The molecule has 0 saturated heterocycles. The molecule has 0 amide bonds. The predicted octanol–water partition coefficient (Wildman–Crippen LogP) is 3.61. The summed E-state index contributed by atoms with van der Waals surface area (Å²) in [6.07, 6.45) is 1.05. The maximum Gasteiger partial charge on any atom is 0.140 e. The molecule has 0 saturated carbocycles. The summed E-state index contributed by atoms with van der Waals surface area (Å²) in [6.45, 7) is 6.62. The molecular weight excluding hydrogens is 256 g/mol. The van der Waals surface area contributed by atoms with Crippen LogP contribution in [0, 0.1) is 6.92 Å². The number of ether oxygens (including phenoxy) is 1. The molecule has 0 aliphatic carbocycles. The molecule has 0 aliphatic heterocycles. The van der Waals surface area contributed by atoms with Crippen LogP contribution < -0.4 is 10.5 Å². The molecule has 1 aromatic heterocycles. The van der Waals surface area contributed by atoms with Crippen molar-refractivity contribution in [2.24, 2.45) is 5.73 Å². The number of hydrogen-bond acceptors (Lipinski definition) is 4. The number of rotatable bonds is 5. The van der Waals surface area contributed by atoms with Gasteiger partial charge in [-0.1, -0.05) is 19.1 Å². The molecule has 2 N–H and O–H groups in total. The van der Waals surface area contributed by atoms with Gasteiger partial charge >= 0.3 is 0 Å². The first kappa shape index (κ1) is 14.0. The molecule has 19 heavy (non-hydrogen) atoms. The summed E-state index contributed by atoms with van der Waals surface area (Å²) in [7, 11) is 0. The van der Waals surface area contributed by atoms with E-state index in [1.807, 2.05) is 26.0 Å². The van der Waals surface area contributed by atoms with E-state index in [1.54, 1.807) is 11.3 Å². The molecule has 1 aromatic carbocycles. The minimum Gasteiger partial charge on any atom is -0.486 e. The van der Waals surface area contributed by atoms with Crippen molar-refractivity contribution in [3.05, 3.63) is 45.4 Å². The first-order valence-corrected chi connectivity index (χ1v) is 7.35. The van der Waals surface area contributed by atoms with Crippen LogP contribution in [0.2, 0.25) is 0 Å². The number of nitrogens with zero attached hydrogens (tertiary/aromatic N) is 1. The Balaban J connectivity index is 1.99. The van der Waals surface area contributed by atoms with E-state index < -0.39 is 0 Å². The second-order valence-electron chi connectivity index (χ2n) is 4.63. The topological polar surface area (TPSA) is 48.1 Å². The van der Waals surface area contributed by atoms with E-state index in [4.69, 9.17) is 10.5 Å². The highest BCUT2D eigenvalue weighted by Gasteiger charge is 2.11. The van der Waals surface area contributed by atoms with E-state index in [2.05, 4.69) is 24.0 Å². The maximum absolute atomic E-state index is 5.90. The molecule has 2 rings (SSSR count). The Morgan fingerprint density at radius 2 is 2.00 bits per heavy atom. The lowest BCUT2D eigenvalue weighted by atomic mass is 10.2. The van der Waals surface area contributed by atoms with Crippen LogP contribution in [0.4, 0.5) is 0 Å². The van der Waals surface area contributed by atoms with Crippen molar-refractivity contribution in [3.8, 4) is 5.75 Å². The molecule has 0 aliphatic rings. The van der Waals surface area contributed by atoms with Gasteiger partial charge in [0.15, 0.2) is 0 Å². The molecule has 1 heterocycles. The first-order valence-electron chi connectivity index (χ1n) is 6.53. The van der Waals surface area contributed by atoms with Gasteiger partial charge in [0.2, 0.25) is 0 Å². The van der Waals surface area contributed by atoms with Gasteiger partial charge in [-0.15, -0.1) is 11.3 Å². The van der Waals surface area contributed by atoms with E-state index >= 15 is 0 Å². The number of aromatic nitrogens is 1. The van der Waals surface area contributed by atoms with E-state index in [-0.39, 0.29) is 6.04 Å². The normalized spacial score (nSPS) is 12.4. The summed E-state index contributed by atoms with van der Waals surface area (Å²) in [4.78, 5) is 5.63. The number of aryl methyl sites for hydroxylation is 2. The number of nitrogens with two attached hydrogens (primary N) is 1. The van der Waals surface area contributed by atoms with Crippen molar-refractivity contribution in [3.63, 3.8) is 0 Å². The Labute approximate surface area is 118 Å². The van der Waals surface area contributed by atoms with Crippen LogP contribution in [-0.4, -0.2) is 4.98 Å². The lowest BCUT2D eigenvalue weighted by Gasteiger charge is -2.04. The fourth-order valence-corrected chi connectivity index (χ4v) is 2.85. The average molecular weight is 276 g/mol. The lowest BCUT2D eigenvalue weighted by Crippen LogP contribution is -2.03. The minimum atomic E-state index is 0.0371. The smallest absolute Gasteiger partial charge is 0.140 e. The molecule has 0 fully saturated rings. The van der Waals surface area contributed by atoms with Gasteiger partial charge in [0.05, 0.1) is 5.69 Å². The Morgan fingerprint density at radius 1 is 1.32 bits per heavy atom. The Hall–Kier alpha value is -1.39. The third-order valence-electron chi connectivity index (χ3n) is 2.98. The van der Waals surface area contributed by atoms with Crippen molar-refractivity contribution in [2.75, 3.05) is 0 Å². The highest BCUT2D eigenvalue weighted by Crippen LogP contribution is 2.24. The van der Waals surface area contributed by atoms with E-state index in [1.165, 1.54) is 5.56 Å². The van der Waals surface area contributed by atoms with E-state index in [0.717, 1.165) is 27.7 Å². The largest absolute Gasteiger partial charge is 0.486 e. The molecular formula is C15H20N2OS. The Morgan fingerprint density at radius 3 is 2.53 bits per heavy atom. The van der Waals surface area contributed by atoms with Gasteiger partial charge in [-0.2, -0.15) is 0 Å². The van der Waals surface area contributed by atoms with Gasteiger partial charge in [-0.05, 0) is 38.0 Å². The van der Waals surface area contributed by atoms with Crippen molar-refractivity contribution < 1.29 is 4.74 Å². The van der Waals surface area contributed by atoms with Crippen molar-refractivity contribution in [1.82, 2.24) is 4.98 Å². The van der Waals surface area contributed by atoms with Crippen LogP contribution in [-0.2, 0) is 13.0 Å². The monoisotopic (exact) mass is 276 g/mol. The molecule has 2 aromatic rings. The average Bonchev–Trinajstić information content (AvgIpc) is 2.78. The third kappa shape index (κ3) is 3.55. The predicted molar refractivity (Wildman–Crippen MR) is 79.6 cm³/mol. The first-order chi connectivity index (χ1) is 9.10. The van der Waals surface area contributed by atoms with Gasteiger partial charge in [0, 0.05) is 10.9 Å². The lowest BCUT2D eigenvalue weighted by molar-refractivity contribution is 0.305. The second kappa shape index (κ2) is 6.17. The molecule has 3 nitrogen and oxygen atoms in total. The Bertz CT molecular complexity index is 532. The van der Waals surface area contributed by atoms with Crippen molar-refractivity contribution >= 4 is 11.3 Å². The van der Waals surface area contributed by atoms with Crippen LogP contribution in [0.3, 0.4) is 0 Å². The van der Waals surface area contributed by atoms with Crippen LogP contribution in [0.5, 0.6) is 5.75 Å². The highest BCUT2D eigenvalue weighted by atomic mass is 32.1. The van der Waals surface area contributed by atoms with Crippen molar-refractivity contribution in [2.45, 2.75) is 39.8 Å². The zero-order valence-corrected chi connectivity index (χ0v) is 12.5. The van der Waals surface area contributed by atoms with E-state index in [0.29, 0.717) is 6.61 Å². The molecule has 0 radical (unpaired) electrons. The number of hydrogen-bond donors (Lipinski definition) is 1. The zero-order valence-electron chi connectivity index (χ0n) is 11.6. The van der Waals surface area contributed by atoms with Crippen LogP contribution in [0.25, 0.3) is 0 Å². The maximum atomic E-state index is 5.90. The fourth-order valence-electron chi connectivity index (χ4n) is 1.92. The van der Waals surface area contributed by atoms with Crippen LogP contribution in [0.1, 0.15) is 41.0 Å². The van der Waals surface area contributed by atoms with Gasteiger partial charge in [0.1, 0.15) is 17.4 Å². The molecule has 0 spiro atoms. The van der Waals surface area contributed by atoms with Gasteiger partial charge in [-0.3, -0.25) is 0 Å². The van der Waals surface area contributed by atoms with Gasteiger partial charge in [0.25, 0.3) is 0 Å². The fraction of sp³-hybridized carbons (Fsp3) is 0.400. The second-order valence-corrected chi connectivity index (χ2v) is 5.75. The summed E-state index contributed by atoms with van der Waals surface area (Å²) in [6, 6.07) is 8.23. The van der Waals surface area contributed by atoms with Crippen LogP contribution in [0.15, 0.2) is 24.3 Å². The molecule has 1 atom stereocenters. The minimum absolute atomic E-state index is 0.0371. The zero-order chi connectivity index (χ0) is 13.8. The summed E-state index contributed by atoms with van der Waals surface area (Å²) in [5, 5.41) is 0.976. The molecule has 4 heteroatoms. The summed E-state index contributed by atoms with van der Waals surface area (Å²) in [5.74, 6) is 0.882. The molecule has 1 unspecified atom stereocenters. The SMILES string of the molecule is CCc1ccc(OCc2nc(C)c(C(C)N)s2)cc1. The summed E-state index contributed by atoms with van der Waals surface area (Å²) < 4.78 is 5.75. The van der Waals surface area contributed by atoms with Gasteiger partial charge in [-0.25, -0.2) is 4.98 Å². The van der Waals surface area contributed by atoms with Crippen molar-refractivity contribution in [1.29, 1.82) is 0 Å².